The van der Waals surface area contributed by atoms with Gasteiger partial charge in [-0.2, -0.15) is 13.2 Å². The van der Waals surface area contributed by atoms with Gasteiger partial charge in [0.25, 0.3) is 0 Å². The Labute approximate surface area is 87.0 Å². The number of alkyl halides is 3. The molecule has 1 fully saturated rings. The molecular formula is C11H13F3O. The molecule has 1 aliphatic rings. The smallest absolute Gasteiger partial charge is 0.300 e. The molecule has 0 heterocycles. The van der Waals surface area contributed by atoms with Gasteiger partial charge in [-0.15, -0.1) is 11.8 Å². The van der Waals surface area contributed by atoms with Crippen molar-refractivity contribution < 1.29 is 18.0 Å². The first-order valence-electron chi connectivity index (χ1n) is 4.93. The highest BCUT2D eigenvalue weighted by Crippen LogP contribution is 2.41. The molecule has 84 valence electrons. The third-order valence-electron chi connectivity index (χ3n) is 2.75. The van der Waals surface area contributed by atoms with Crippen molar-refractivity contribution in [3.8, 4) is 11.8 Å². The zero-order valence-corrected chi connectivity index (χ0v) is 8.53. The van der Waals surface area contributed by atoms with Gasteiger partial charge >= 0.3 is 6.18 Å². The summed E-state index contributed by atoms with van der Waals surface area (Å²) < 4.78 is 37.8. The monoisotopic (exact) mass is 218 g/mol. The van der Waals surface area contributed by atoms with Crippen molar-refractivity contribution in [3.05, 3.63) is 0 Å². The van der Waals surface area contributed by atoms with Gasteiger partial charge in [-0.3, -0.25) is 4.79 Å². The fraction of sp³-hybridized carbons (Fsp3) is 0.727. The number of rotatable bonds is 1. The minimum absolute atomic E-state index is 0.0266. The maximum atomic E-state index is 12.6. The largest absolute Gasteiger partial charge is 0.392 e. The number of carbonyl (C=O) groups excluding carboxylic acids is 1. The second-order valence-corrected chi connectivity index (χ2v) is 3.82. The summed E-state index contributed by atoms with van der Waals surface area (Å²) in [5.74, 6) is 3.15. The molecule has 15 heavy (non-hydrogen) atoms. The van der Waals surface area contributed by atoms with E-state index in [0.29, 0.717) is 0 Å². The second-order valence-electron chi connectivity index (χ2n) is 3.82. The van der Waals surface area contributed by atoms with Gasteiger partial charge in [0.15, 0.2) is 0 Å². The van der Waals surface area contributed by atoms with Crippen molar-refractivity contribution in [2.45, 2.75) is 38.8 Å². The number of halogens is 3. The van der Waals surface area contributed by atoms with Gasteiger partial charge in [0, 0.05) is 19.3 Å². The van der Waals surface area contributed by atoms with Crippen molar-refractivity contribution in [2.24, 2.45) is 11.8 Å². The van der Waals surface area contributed by atoms with E-state index < -0.39 is 18.0 Å². The second kappa shape index (κ2) is 4.69. The molecule has 2 unspecified atom stereocenters. The Bertz CT molecular complexity index is 295. The minimum atomic E-state index is -4.19. The van der Waals surface area contributed by atoms with Crippen LogP contribution in [0, 0.1) is 23.7 Å². The number of hydrogen-bond acceptors (Lipinski definition) is 1. The average Bonchev–Trinajstić information content (AvgIpc) is 2.12. The first-order chi connectivity index (χ1) is 6.95. The number of ketones is 1. The van der Waals surface area contributed by atoms with Crippen LogP contribution in [0.25, 0.3) is 0 Å². The van der Waals surface area contributed by atoms with E-state index in [1.54, 1.807) is 6.92 Å². The molecule has 0 saturated heterocycles. The quantitative estimate of drug-likeness (QED) is 0.618. The van der Waals surface area contributed by atoms with Crippen LogP contribution in [0.3, 0.4) is 0 Å². The Morgan fingerprint density at radius 1 is 1.47 bits per heavy atom. The maximum absolute atomic E-state index is 12.6. The van der Waals surface area contributed by atoms with Crippen molar-refractivity contribution in [3.63, 3.8) is 0 Å². The molecule has 0 amide bonds. The van der Waals surface area contributed by atoms with Crippen LogP contribution in [0.5, 0.6) is 0 Å². The summed E-state index contributed by atoms with van der Waals surface area (Å²) in [4.78, 5) is 11.1. The summed E-state index contributed by atoms with van der Waals surface area (Å²) in [6.07, 6.45) is -4.01. The molecule has 0 aromatic heterocycles. The fourth-order valence-electron chi connectivity index (χ4n) is 1.97. The Balaban J connectivity index is 2.73. The first-order valence-corrected chi connectivity index (χ1v) is 4.93. The van der Waals surface area contributed by atoms with Crippen LogP contribution in [0.4, 0.5) is 13.2 Å². The Morgan fingerprint density at radius 3 is 2.67 bits per heavy atom. The summed E-state index contributed by atoms with van der Waals surface area (Å²) >= 11 is 0. The molecular weight excluding hydrogens is 205 g/mol. The zero-order chi connectivity index (χ0) is 11.5. The third kappa shape index (κ3) is 3.26. The molecule has 4 heteroatoms. The molecule has 0 aromatic carbocycles. The van der Waals surface area contributed by atoms with Crippen LogP contribution in [0.2, 0.25) is 0 Å². The molecule has 1 saturated carbocycles. The van der Waals surface area contributed by atoms with E-state index >= 15 is 0 Å². The zero-order valence-electron chi connectivity index (χ0n) is 8.53. The molecule has 1 aliphatic carbocycles. The van der Waals surface area contributed by atoms with Crippen LogP contribution < -0.4 is 0 Å². The van der Waals surface area contributed by atoms with Crippen molar-refractivity contribution in [1.29, 1.82) is 0 Å². The van der Waals surface area contributed by atoms with Gasteiger partial charge in [-0.05, 0) is 19.3 Å². The van der Waals surface area contributed by atoms with Crippen molar-refractivity contribution >= 4 is 5.78 Å². The number of Topliss-reactive ketones (excluding diaryl/α,β-unsaturated/α-hetero) is 1. The summed E-state index contributed by atoms with van der Waals surface area (Å²) in [6, 6.07) is 0. The Hall–Kier alpha value is -0.980. The molecule has 0 radical (unpaired) electrons. The van der Waals surface area contributed by atoms with E-state index in [2.05, 4.69) is 11.8 Å². The van der Waals surface area contributed by atoms with Gasteiger partial charge in [0.1, 0.15) is 5.78 Å². The summed E-state index contributed by atoms with van der Waals surface area (Å²) in [5, 5.41) is 0. The van der Waals surface area contributed by atoms with E-state index in [4.69, 9.17) is 0 Å². The van der Waals surface area contributed by atoms with Gasteiger partial charge in [0.05, 0.1) is 5.92 Å². The van der Waals surface area contributed by atoms with Gasteiger partial charge in [0.2, 0.25) is 0 Å². The fourth-order valence-corrected chi connectivity index (χ4v) is 1.97. The maximum Gasteiger partial charge on any atom is 0.392 e. The standard InChI is InChI=1S/C11H13F3O/c1-2-3-4-8-7-9(15)5-6-10(8)11(12,13)14/h8,10H,4-7H2,1H3. The number of hydrogen-bond donors (Lipinski definition) is 0. The van der Waals surface area contributed by atoms with E-state index in [1.165, 1.54) is 0 Å². The van der Waals surface area contributed by atoms with Crippen molar-refractivity contribution in [2.75, 3.05) is 0 Å². The lowest BCUT2D eigenvalue weighted by Crippen LogP contribution is -2.35. The van der Waals surface area contributed by atoms with E-state index in [9.17, 15) is 18.0 Å². The highest BCUT2D eigenvalue weighted by Gasteiger charge is 2.46. The van der Waals surface area contributed by atoms with Gasteiger partial charge in [-0.25, -0.2) is 0 Å². The molecule has 0 bridgehead atoms. The average molecular weight is 218 g/mol. The summed E-state index contributed by atoms with van der Waals surface area (Å²) in [5.41, 5.74) is 0. The predicted molar refractivity (Wildman–Crippen MR) is 50.0 cm³/mol. The minimum Gasteiger partial charge on any atom is -0.300 e. The molecule has 0 aromatic rings. The van der Waals surface area contributed by atoms with Crippen LogP contribution in [-0.2, 0) is 4.79 Å². The third-order valence-corrected chi connectivity index (χ3v) is 2.75. The molecule has 0 N–H and O–H groups in total. The molecule has 0 spiro atoms. The predicted octanol–water partition coefficient (Wildman–Crippen LogP) is 2.95. The first kappa shape index (κ1) is 12.1. The lowest BCUT2D eigenvalue weighted by Gasteiger charge is -2.31. The Kier molecular flexibility index (Phi) is 3.78. The van der Waals surface area contributed by atoms with Gasteiger partial charge < -0.3 is 0 Å². The van der Waals surface area contributed by atoms with Crippen molar-refractivity contribution in [1.82, 2.24) is 0 Å². The van der Waals surface area contributed by atoms with Gasteiger partial charge in [-0.1, -0.05) is 0 Å². The normalized spacial score (nSPS) is 27.1. The number of carbonyl (C=O) groups is 1. The molecule has 2 atom stereocenters. The highest BCUT2D eigenvalue weighted by molar-refractivity contribution is 5.79. The summed E-state index contributed by atoms with van der Waals surface area (Å²) in [6.45, 7) is 1.59. The molecule has 1 nitrogen and oxygen atoms in total. The SMILES string of the molecule is CC#CCC1CC(=O)CCC1C(F)(F)F. The van der Waals surface area contributed by atoms with E-state index in [1.807, 2.05) is 0 Å². The molecule has 1 rings (SSSR count). The van der Waals surface area contributed by atoms with Crippen LogP contribution >= 0.6 is 0 Å². The Morgan fingerprint density at radius 2 is 2.13 bits per heavy atom. The molecule has 0 aliphatic heterocycles. The summed E-state index contributed by atoms with van der Waals surface area (Å²) in [7, 11) is 0. The lowest BCUT2D eigenvalue weighted by molar-refractivity contribution is -0.195. The van der Waals surface area contributed by atoms with Crippen LogP contribution in [-0.4, -0.2) is 12.0 Å². The highest BCUT2D eigenvalue weighted by atomic mass is 19.4. The van der Waals surface area contributed by atoms with Crippen LogP contribution in [0.15, 0.2) is 0 Å². The van der Waals surface area contributed by atoms with Crippen LogP contribution in [0.1, 0.15) is 32.6 Å². The lowest BCUT2D eigenvalue weighted by atomic mass is 9.76. The van der Waals surface area contributed by atoms with E-state index in [0.717, 1.165) is 0 Å². The van der Waals surface area contributed by atoms with E-state index in [-0.39, 0.29) is 31.5 Å². The topological polar surface area (TPSA) is 17.1 Å².